The third-order valence-corrected chi connectivity index (χ3v) is 3.88. The van der Waals surface area contributed by atoms with Gasteiger partial charge in [0.25, 0.3) is 0 Å². The summed E-state index contributed by atoms with van der Waals surface area (Å²) in [5.41, 5.74) is 4.39. The summed E-state index contributed by atoms with van der Waals surface area (Å²) >= 11 is 3.45. The Balaban J connectivity index is 1.64. The molecule has 20 heavy (non-hydrogen) atoms. The molecule has 0 aliphatic heterocycles. The van der Waals surface area contributed by atoms with Gasteiger partial charge in [-0.05, 0) is 49.2 Å². The van der Waals surface area contributed by atoms with Crippen molar-refractivity contribution >= 4 is 32.6 Å². The van der Waals surface area contributed by atoms with Crippen LogP contribution in [0.1, 0.15) is 11.1 Å². The van der Waals surface area contributed by atoms with Crippen molar-refractivity contribution in [1.82, 2.24) is 0 Å². The van der Waals surface area contributed by atoms with Crippen LogP contribution in [0.25, 0.3) is 11.0 Å². The van der Waals surface area contributed by atoms with E-state index < -0.39 is 0 Å². The lowest BCUT2D eigenvalue weighted by atomic mass is 10.1. The zero-order valence-electron chi connectivity index (χ0n) is 11.2. The maximum atomic E-state index is 5.33. The first-order valence-electron chi connectivity index (χ1n) is 6.61. The standard InChI is InChI=1S/C17H15BrNO/c1-12-11-20-17-7-6-15(10-16(12)17)19-9-8-13-2-4-14(18)5-3-13/h2-7,10,19H,8-9H2,1H3. The van der Waals surface area contributed by atoms with E-state index in [4.69, 9.17) is 4.42 Å². The number of nitrogens with one attached hydrogen (secondary N) is 1. The Morgan fingerprint density at radius 1 is 1.15 bits per heavy atom. The summed E-state index contributed by atoms with van der Waals surface area (Å²) in [6.07, 6.45) is 3.89. The largest absolute Gasteiger partial charge is 0.452 e. The van der Waals surface area contributed by atoms with Crippen LogP contribution in [-0.4, -0.2) is 6.54 Å². The van der Waals surface area contributed by atoms with Gasteiger partial charge in [-0.2, -0.15) is 0 Å². The number of furan rings is 1. The Labute approximate surface area is 126 Å². The van der Waals surface area contributed by atoms with Crippen molar-refractivity contribution in [2.75, 3.05) is 11.9 Å². The summed E-state index contributed by atoms with van der Waals surface area (Å²) < 4.78 is 6.45. The van der Waals surface area contributed by atoms with E-state index in [0.29, 0.717) is 0 Å². The minimum absolute atomic E-state index is 0.890. The van der Waals surface area contributed by atoms with Crippen molar-refractivity contribution in [3.8, 4) is 0 Å². The molecule has 0 saturated heterocycles. The SMILES string of the molecule is Cc1[c]oc2ccc(NCCc3ccc(Br)cc3)cc12. The number of benzene rings is 2. The number of hydrogen-bond acceptors (Lipinski definition) is 2. The van der Waals surface area contributed by atoms with Gasteiger partial charge in [0.15, 0.2) is 6.26 Å². The number of halogens is 1. The quantitative estimate of drug-likeness (QED) is 0.732. The van der Waals surface area contributed by atoms with Crippen LogP contribution in [0.5, 0.6) is 0 Å². The molecule has 0 spiro atoms. The van der Waals surface area contributed by atoms with Gasteiger partial charge in [0, 0.05) is 27.7 Å². The second-order valence-corrected chi connectivity index (χ2v) is 5.76. The Morgan fingerprint density at radius 2 is 1.95 bits per heavy atom. The summed E-state index contributed by atoms with van der Waals surface area (Å²) in [6, 6.07) is 14.6. The highest BCUT2D eigenvalue weighted by Crippen LogP contribution is 2.23. The van der Waals surface area contributed by atoms with Gasteiger partial charge >= 0.3 is 0 Å². The van der Waals surface area contributed by atoms with Crippen LogP contribution in [0.15, 0.2) is 51.4 Å². The van der Waals surface area contributed by atoms with Crippen LogP contribution >= 0.6 is 15.9 Å². The van der Waals surface area contributed by atoms with E-state index in [-0.39, 0.29) is 0 Å². The second-order valence-electron chi connectivity index (χ2n) is 4.84. The highest BCUT2D eigenvalue weighted by atomic mass is 79.9. The van der Waals surface area contributed by atoms with E-state index in [1.807, 2.05) is 19.1 Å². The topological polar surface area (TPSA) is 25.2 Å². The van der Waals surface area contributed by atoms with E-state index >= 15 is 0 Å². The second kappa shape index (κ2) is 5.71. The number of rotatable bonds is 4. The van der Waals surface area contributed by atoms with Crippen molar-refractivity contribution in [2.45, 2.75) is 13.3 Å². The molecular weight excluding hydrogens is 314 g/mol. The third kappa shape index (κ3) is 2.88. The number of fused-ring (bicyclic) bond motifs is 1. The van der Waals surface area contributed by atoms with Gasteiger partial charge in [0.1, 0.15) is 5.58 Å². The van der Waals surface area contributed by atoms with Gasteiger partial charge in [-0.3, -0.25) is 0 Å². The molecule has 1 aromatic heterocycles. The fourth-order valence-corrected chi connectivity index (χ4v) is 2.48. The molecule has 1 radical (unpaired) electrons. The molecule has 3 rings (SSSR count). The molecule has 1 N–H and O–H groups in total. The average Bonchev–Trinajstić information content (AvgIpc) is 2.83. The summed E-state index contributed by atoms with van der Waals surface area (Å²) in [5.74, 6) is 0. The molecule has 2 nitrogen and oxygen atoms in total. The average molecular weight is 329 g/mol. The zero-order valence-corrected chi connectivity index (χ0v) is 12.8. The van der Waals surface area contributed by atoms with Gasteiger partial charge in [-0.1, -0.05) is 28.1 Å². The molecule has 1 heterocycles. The first-order valence-corrected chi connectivity index (χ1v) is 7.41. The summed E-state index contributed by atoms with van der Waals surface area (Å²) in [6.45, 7) is 2.92. The predicted octanol–water partition coefficient (Wildman–Crippen LogP) is 4.96. The van der Waals surface area contributed by atoms with Crippen molar-refractivity contribution < 1.29 is 4.42 Å². The number of anilines is 1. The van der Waals surface area contributed by atoms with Crippen molar-refractivity contribution in [3.63, 3.8) is 0 Å². The van der Waals surface area contributed by atoms with Crippen molar-refractivity contribution in [1.29, 1.82) is 0 Å². The lowest BCUT2D eigenvalue weighted by molar-refractivity contribution is 0.603. The van der Waals surface area contributed by atoms with Gasteiger partial charge in [0.05, 0.1) is 0 Å². The first-order chi connectivity index (χ1) is 9.72. The molecule has 0 fully saturated rings. The molecule has 101 valence electrons. The Hall–Kier alpha value is -1.74. The van der Waals surface area contributed by atoms with E-state index in [9.17, 15) is 0 Å². The number of aryl methyl sites for hydroxylation is 1. The minimum Gasteiger partial charge on any atom is -0.452 e. The van der Waals surface area contributed by atoms with Crippen LogP contribution < -0.4 is 5.32 Å². The Morgan fingerprint density at radius 3 is 2.75 bits per heavy atom. The lowest BCUT2D eigenvalue weighted by Crippen LogP contribution is -2.04. The molecule has 0 bridgehead atoms. The van der Waals surface area contributed by atoms with E-state index in [0.717, 1.165) is 39.7 Å². The molecule has 0 aliphatic rings. The van der Waals surface area contributed by atoms with E-state index in [1.54, 1.807) is 0 Å². The molecule has 2 aromatic carbocycles. The van der Waals surface area contributed by atoms with Crippen LogP contribution in [0, 0.1) is 13.2 Å². The highest BCUT2D eigenvalue weighted by Gasteiger charge is 2.03. The molecular formula is C17H15BrNO. The van der Waals surface area contributed by atoms with Gasteiger partial charge < -0.3 is 9.73 Å². The van der Waals surface area contributed by atoms with Gasteiger partial charge in [0.2, 0.25) is 0 Å². The summed E-state index contributed by atoms with van der Waals surface area (Å²) in [5, 5.41) is 4.57. The normalized spacial score (nSPS) is 10.9. The van der Waals surface area contributed by atoms with Gasteiger partial charge in [-0.15, -0.1) is 0 Å². The molecule has 0 aliphatic carbocycles. The lowest BCUT2D eigenvalue weighted by Gasteiger charge is -2.07. The molecule has 3 heteroatoms. The monoisotopic (exact) mass is 328 g/mol. The first kappa shape index (κ1) is 13.3. The molecule has 3 aromatic rings. The van der Waals surface area contributed by atoms with E-state index in [1.165, 1.54) is 5.56 Å². The maximum Gasteiger partial charge on any atom is 0.173 e. The Kier molecular flexibility index (Phi) is 3.79. The van der Waals surface area contributed by atoms with Crippen molar-refractivity contribution in [2.24, 2.45) is 0 Å². The Bertz CT molecular complexity index is 715. The molecule has 0 amide bonds. The fourth-order valence-electron chi connectivity index (χ4n) is 2.21. The zero-order chi connectivity index (χ0) is 13.9. The third-order valence-electron chi connectivity index (χ3n) is 3.35. The van der Waals surface area contributed by atoms with E-state index in [2.05, 4.69) is 57.8 Å². The van der Waals surface area contributed by atoms with Crippen molar-refractivity contribution in [3.05, 3.63) is 64.3 Å². The summed E-state index contributed by atoms with van der Waals surface area (Å²) in [4.78, 5) is 0. The molecule has 0 unspecified atom stereocenters. The van der Waals surface area contributed by atoms with Crippen LogP contribution in [0.3, 0.4) is 0 Å². The fraction of sp³-hybridized carbons (Fsp3) is 0.176. The molecule has 0 saturated carbocycles. The van der Waals surface area contributed by atoms with Crippen LogP contribution in [-0.2, 0) is 6.42 Å². The molecule has 0 atom stereocenters. The van der Waals surface area contributed by atoms with Gasteiger partial charge in [-0.25, -0.2) is 0 Å². The smallest absolute Gasteiger partial charge is 0.173 e. The highest BCUT2D eigenvalue weighted by molar-refractivity contribution is 9.10. The van der Waals surface area contributed by atoms with Crippen LogP contribution in [0.2, 0.25) is 0 Å². The predicted molar refractivity (Wildman–Crippen MR) is 86.1 cm³/mol. The minimum atomic E-state index is 0.890. The maximum absolute atomic E-state index is 5.33. The van der Waals surface area contributed by atoms with Crippen LogP contribution in [0.4, 0.5) is 5.69 Å². The summed E-state index contributed by atoms with van der Waals surface area (Å²) in [7, 11) is 0. The number of hydrogen-bond donors (Lipinski definition) is 1.